The van der Waals surface area contributed by atoms with E-state index in [0.29, 0.717) is 17.3 Å². The normalized spacial score (nSPS) is 15.6. The Labute approximate surface area is 201 Å². The molecule has 1 unspecified atom stereocenters. The van der Waals surface area contributed by atoms with Crippen molar-refractivity contribution in [2.45, 2.75) is 38.4 Å². The number of aryl methyl sites for hydroxylation is 2. The molecular formula is C25H24N6O2S. The lowest BCUT2D eigenvalue weighted by Gasteiger charge is -2.19. The SMILES string of the molecule is Cc1ccc(C2=NN(C(=O)CSc3nnnn3-c3cccc(C)c3C)C(c3ccco3)C2)cc1. The molecule has 0 radical (unpaired) electrons. The van der Waals surface area contributed by atoms with E-state index in [0.717, 1.165) is 28.1 Å². The van der Waals surface area contributed by atoms with E-state index in [-0.39, 0.29) is 17.7 Å². The zero-order valence-electron chi connectivity index (χ0n) is 19.2. The fourth-order valence-electron chi connectivity index (χ4n) is 3.94. The van der Waals surface area contributed by atoms with Crippen LogP contribution >= 0.6 is 11.8 Å². The highest BCUT2D eigenvalue weighted by molar-refractivity contribution is 7.99. The molecule has 1 aliphatic rings. The number of carbonyl (C=O) groups excluding carboxylic acids is 1. The summed E-state index contributed by atoms with van der Waals surface area (Å²) in [6.45, 7) is 6.13. The predicted octanol–water partition coefficient (Wildman–Crippen LogP) is 4.65. The highest BCUT2D eigenvalue weighted by Crippen LogP contribution is 2.34. The average Bonchev–Trinajstić information content (AvgIpc) is 3.60. The lowest BCUT2D eigenvalue weighted by atomic mass is 10.0. The number of hydrogen-bond acceptors (Lipinski definition) is 7. The molecule has 2 aromatic heterocycles. The molecule has 0 N–H and O–H groups in total. The van der Waals surface area contributed by atoms with Crippen molar-refractivity contribution in [2.75, 3.05) is 5.75 Å². The van der Waals surface area contributed by atoms with Crippen LogP contribution in [0.2, 0.25) is 0 Å². The molecule has 3 heterocycles. The first-order valence-corrected chi connectivity index (χ1v) is 12.0. The van der Waals surface area contributed by atoms with E-state index in [1.165, 1.54) is 22.3 Å². The maximum absolute atomic E-state index is 13.3. The summed E-state index contributed by atoms with van der Waals surface area (Å²) < 4.78 is 7.32. The molecule has 0 fully saturated rings. The summed E-state index contributed by atoms with van der Waals surface area (Å²) in [6.07, 6.45) is 2.21. The number of carbonyl (C=O) groups is 1. The summed E-state index contributed by atoms with van der Waals surface area (Å²) >= 11 is 1.29. The van der Waals surface area contributed by atoms with E-state index in [9.17, 15) is 4.79 Å². The molecule has 172 valence electrons. The summed E-state index contributed by atoms with van der Waals surface area (Å²) in [5, 5.41) is 18.9. The van der Waals surface area contributed by atoms with Crippen molar-refractivity contribution in [2.24, 2.45) is 5.10 Å². The van der Waals surface area contributed by atoms with Crippen molar-refractivity contribution in [1.29, 1.82) is 0 Å². The van der Waals surface area contributed by atoms with Gasteiger partial charge < -0.3 is 4.42 Å². The molecule has 9 heteroatoms. The van der Waals surface area contributed by atoms with E-state index in [1.54, 1.807) is 10.9 Å². The van der Waals surface area contributed by atoms with Gasteiger partial charge in [-0.15, -0.1) is 5.10 Å². The number of thioether (sulfide) groups is 1. The second kappa shape index (κ2) is 9.26. The number of amides is 1. The molecule has 8 nitrogen and oxygen atoms in total. The number of tetrazole rings is 1. The zero-order chi connectivity index (χ0) is 23.7. The van der Waals surface area contributed by atoms with E-state index in [4.69, 9.17) is 9.52 Å². The monoisotopic (exact) mass is 472 g/mol. The Bertz CT molecular complexity index is 1340. The van der Waals surface area contributed by atoms with Crippen LogP contribution in [0.3, 0.4) is 0 Å². The number of furan rings is 1. The molecule has 1 amide bonds. The molecule has 0 saturated heterocycles. The maximum Gasteiger partial charge on any atom is 0.253 e. The first-order chi connectivity index (χ1) is 16.5. The molecule has 34 heavy (non-hydrogen) atoms. The van der Waals surface area contributed by atoms with Gasteiger partial charge in [-0.2, -0.15) is 9.78 Å². The van der Waals surface area contributed by atoms with E-state index in [1.807, 2.05) is 75.4 Å². The molecule has 5 rings (SSSR count). The van der Waals surface area contributed by atoms with Gasteiger partial charge in [0.15, 0.2) is 0 Å². The van der Waals surface area contributed by atoms with Crippen LogP contribution in [0.25, 0.3) is 5.69 Å². The van der Waals surface area contributed by atoms with Crippen molar-refractivity contribution in [3.05, 3.63) is 88.9 Å². The van der Waals surface area contributed by atoms with Crippen molar-refractivity contribution in [1.82, 2.24) is 25.2 Å². The molecule has 0 saturated carbocycles. The molecule has 2 aromatic carbocycles. The quantitative estimate of drug-likeness (QED) is 0.380. The third-order valence-electron chi connectivity index (χ3n) is 5.99. The Hall–Kier alpha value is -3.72. The summed E-state index contributed by atoms with van der Waals surface area (Å²) in [5.74, 6) is 0.723. The molecule has 0 spiro atoms. The number of hydrazone groups is 1. The zero-order valence-corrected chi connectivity index (χ0v) is 20.0. The largest absolute Gasteiger partial charge is 0.467 e. The highest BCUT2D eigenvalue weighted by Gasteiger charge is 2.35. The Morgan fingerprint density at radius 1 is 1.09 bits per heavy atom. The summed E-state index contributed by atoms with van der Waals surface area (Å²) in [5.41, 5.74) is 6.18. The third-order valence-corrected chi connectivity index (χ3v) is 6.90. The minimum atomic E-state index is -0.283. The Kier molecular flexibility index (Phi) is 6.02. The smallest absolute Gasteiger partial charge is 0.253 e. The summed E-state index contributed by atoms with van der Waals surface area (Å²) in [7, 11) is 0. The van der Waals surface area contributed by atoms with Crippen LogP contribution in [-0.4, -0.2) is 42.6 Å². The Morgan fingerprint density at radius 3 is 2.68 bits per heavy atom. The van der Waals surface area contributed by atoms with Crippen LogP contribution in [0.5, 0.6) is 0 Å². The first kappa shape index (κ1) is 22.1. The lowest BCUT2D eigenvalue weighted by molar-refractivity contribution is -0.130. The minimum Gasteiger partial charge on any atom is -0.467 e. The van der Waals surface area contributed by atoms with Crippen LogP contribution in [0.1, 0.15) is 40.5 Å². The second-order valence-corrected chi connectivity index (χ2v) is 9.21. The van der Waals surface area contributed by atoms with E-state index >= 15 is 0 Å². The van der Waals surface area contributed by atoms with Gasteiger partial charge in [0, 0.05) is 6.42 Å². The first-order valence-electron chi connectivity index (χ1n) is 11.0. The summed E-state index contributed by atoms with van der Waals surface area (Å²) in [6, 6.07) is 17.6. The third kappa shape index (κ3) is 4.26. The van der Waals surface area contributed by atoms with Gasteiger partial charge in [-0.3, -0.25) is 4.79 Å². The van der Waals surface area contributed by atoms with Gasteiger partial charge >= 0.3 is 0 Å². The number of hydrogen-bond donors (Lipinski definition) is 0. The van der Waals surface area contributed by atoms with Crippen molar-refractivity contribution in [3.63, 3.8) is 0 Å². The van der Waals surface area contributed by atoms with E-state index < -0.39 is 0 Å². The van der Waals surface area contributed by atoms with Crippen LogP contribution in [-0.2, 0) is 4.79 Å². The van der Waals surface area contributed by atoms with Crippen molar-refractivity contribution >= 4 is 23.4 Å². The van der Waals surface area contributed by atoms with Gasteiger partial charge in [-0.1, -0.05) is 53.7 Å². The van der Waals surface area contributed by atoms with Crippen LogP contribution in [0.15, 0.2) is 75.5 Å². The number of aromatic nitrogens is 4. The van der Waals surface area contributed by atoms with Gasteiger partial charge in [0.05, 0.1) is 23.4 Å². The molecule has 1 aliphatic heterocycles. The topological polar surface area (TPSA) is 89.4 Å². The van der Waals surface area contributed by atoms with E-state index in [2.05, 4.69) is 15.5 Å². The van der Waals surface area contributed by atoms with Gasteiger partial charge in [-0.05, 0) is 66.1 Å². The maximum atomic E-state index is 13.3. The molecule has 1 atom stereocenters. The molecule has 0 aliphatic carbocycles. The van der Waals surface area contributed by atoms with Gasteiger partial charge in [0.1, 0.15) is 11.8 Å². The molecule has 0 bridgehead atoms. The van der Waals surface area contributed by atoms with Crippen LogP contribution in [0.4, 0.5) is 0 Å². The predicted molar refractivity (Wildman–Crippen MR) is 130 cm³/mol. The number of benzene rings is 2. The van der Waals surface area contributed by atoms with Gasteiger partial charge in [0.2, 0.25) is 5.16 Å². The van der Waals surface area contributed by atoms with Crippen LogP contribution in [0, 0.1) is 20.8 Å². The second-order valence-electron chi connectivity index (χ2n) is 8.27. The highest BCUT2D eigenvalue weighted by atomic mass is 32.2. The fourth-order valence-corrected chi connectivity index (χ4v) is 4.68. The summed E-state index contributed by atoms with van der Waals surface area (Å²) in [4.78, 5) is 13.3. The molecule has 4 aromatic rings. The Balaban J connectivity index is 1.37. The average molecular weight is 473 g/mol. The van der Waals surface area contributed by atoms with Gasteiger partial charge in [-0.25, -0.2) is 5.01 Å². The lowest BCUT2D eigenvalue weighted by Crippen LogP contribution is -2.28. The van der Waals surface area contributed by atoms with Crippen molar-refractivity contribution < 1.29 is 9.21 Å². The minimum absolute atomic E-state index is 0.135. The van der Waals surface area contributed by atoms with Crippen LogP contribution < -0.4 is 0 Å². The number of nitrogens with zero attached hydrogens (tertiary/aromatic N) is 6. The fraction of sp³-hybridized carbons (Fsp3) is 0.240. The van der Waals surface area contributed by atoms with Crippen molar-refractivity contribution in [3.8, 4) is 5.69 Å². The number of rotatable bonds is 6. The van der Waals surface area contributed by atoms with Gasteiger partial charge in [0.25, 0.3) is 5.91 Å². The molecular weight excluding hydrogens is 448 g/mol. The Morgan fingerprint density at radius 2 is 1.91 bits per heavy atom. The standard InChI is InChI=1S/C25H24N6O2S/c1-16-9-11-19(12-10-16)20-14-22(23-8-5-13-33-23)30(27-20)24(32)15-34-25-26-28-29-31(25)21-7-4-6-17(2)18(21)3/h4-13,22H,14-15H2,1-3H3.